The summed E-state index contributed by atoms with van der Waals surface area (Å²) in [5, 5.41) is 5.24. The van der Waals surface area contributed by atoms with E-state index in [1.54, 1.807) is 0 Å². The van der Waals surface area contributed by atoms with Crippen molar-refractivity contribution in [1.82, 2.24) is 0 Å². The van der Waals surface area contributed by atoms with Gasteiger partial charge in [-0.05, 0) is 108 Å². The van der Waals surface area contributed by atoms with Crippen molar-refractivity contribution in [1.29, 1.82) is 0 Å². The molecule has 0 N–H and O–H groups in total. The fourth-order valence-electron chi connectivity index (χ4n) is 8.87. The fourth-order valence-corrected chi connectivity index (χ4v) is 8.87. The second kappa shape index (κ2) is 12.8. The second-order valence-corrected chi connectivity index (χ2v) is 14.9. The Labute approximate surface area is 317 Å². The molecule has 0 amide bonds. The Bertz CT molecular complexity index is 2730. The first-order valence-corrected chi connectivity index (χ1v) is 18.9. The number of nitrogens with zero attached hydrogens (tertiary/aromatic N) is 1. The van der Waals surface area contributed by atoms with Gasteiger partial charge >= 0.3 is 0 Å². The van der Waals surface area contributed by atoms with Crippen LogP contribution in [0.2, 0.25) is 0 Å². The third kappa shape index (κ3) is 5.16. The molecule has 0 aromatic heterocycles. The molecule has 0 spiro atoms. The number of hydrogen-bond donors (Lipinski definition) is 0. The molecule has 1 aliphatic carbocycles. The van der Waals surface area contributed by atoms with Crippen molar-refractivity contribution in [2.45, 2.75) is 19.3 Å². The van der Waals surface area contributed by atoms with E-state index < -0.39 is 0 Å². The first-order valence-electron chi connectivity index (χ1n) is 18.9. The lowest BCUT2D eigenvalue weighted by Crippen LogP contribution is -2.15. The Morgan fingerprint density at radius 3 is 1.46 bits per heavy atom. The summed E-state index contributed by atoms with van der Waals surface area (Å²) in [4.78, 5) is 2.41. The zero-order chi connectivity index (χ0) is 36.2. The summed E-state index contributed by atoms with van der Waals surface area (Å²) >= 11 is 0. The average Bonchev–Trinajstić information content (AvgIpc) is 3.49. The molecule has 1 aliphatic rings. The van der Waals surface area contributed by atoms with Crippen molar-refractivity contribution in [3.63, 3.8) is 0 Å². The van der Waals surface area contributed by atoms with Crippen molar-refractivity contribution in [2.75, 3.05) is 4.90 Å². The SMILES string of the molecule is CC1(C)c2ccccc2-c2c1c1ccc(-c3ccccc3N(c3ccc(-c4ccccc4)cc3)c3ccc(-c4ccccc4)cc3)cc1c1ccccc21. The number of rotatable bonds is 6. The van der Waals surface area contributed by atoms with E-state index in [-0.39, 0.29) is 5.41 Å². The van der Waals surface area contributed by atoms with E-state index in [9.17, 15) is 0 Å². The smallest absolute Gasteiger partial charge is 0.0540 e. The van der Waals surface area contributed by atoms with E-state index in [1.165, 1.54) is 77.2 Å². The summed E-state index contributed by atoms with van der Waals surface area (Å²) in [6, 6.07) is 73.1. The first kappa shape index (κ1) is 32.0. The Kier molecular flexibility index (Phi) is 7.56. The molecule has 0 unspecified atom stereocenters. The Morgan fingerprint density at radius 2 is 0.833 bits per heavy atom. The minimum Gasteiger partial charge on any atom is -0.310 e. The topological polar surface area (TPSA) is 3.24 Å². The summed E-state index contributed by atoms with van der Waals surface area (Å²) in [6.45, 7) is 4.78. The van der Waals surface area contributed by atoms with Gasteiger partial charge in [0.2, 0.25) is 0 Å². The predicted molar refractivity (Wildman–Crippen MR) is 230 cm³/mol. The molecule has 0 saturated heterocycles. The van der Waals surface area contributed by atoms with Crippen LogP contribution in [0.1, 0.15) is 25.0 Å². The van der Waals surface area contributed by atoms with E-state index in [1.807, 2.05) is 0 Å². The molecular formula is C53H39N. The maximum Gasteiger partial charge on any atom is 0.0540 e. The molecule has 0 saturated carbocycles. The van der Waals surface area contributed by atoms with E-state index in [4.69, 9.17) is 0 Å². The fraction of sp³-hybridized carbons (Fsp3) is 0.0566. The highest BCUT2D eigenvalue weighted by Crippen LogP contribution is 2.55. The van der Waals surface area contributed by atoms with Gasteiger partial charge in [0.15, 0.2) is 0 Å². The van der Waals surface area contributed by atoms with Gasteiger partial charge < -0.3 is 4.90 Å². The molecule has 1 heteroatoms. The molecule has 9 aromatic carbocycles. The van der Waals surface area contributed by atoms with Gasteiger partial charge in [0.05, 0.1) is 5.69 Å². The van der Waals surface area contributed by atoms with Crippen molar-refractivity contribution in [3.05, 3.63) is 211 Å². The summed E-state index contributed by atoms with van der Waals surface area (Å²) in [6.07, 6.45) is 0. The van der Waals surface area contributed by atoms with E-state index >= 15 is 0 Å². The van der Waals surface area contributed by atoms with Gasteiger partial charge in [0.1, 0.15) is 0 Å². The van der Waals surface area contributed by atoms with Gasteiger partial charge in [-0.15, -0.1) is 0 Å². The van der Waals surface area contributed by atoms with Gasteiger partial charge in [-0.25, -0.2) is 0 Å². The number of anilines is 3. The lowest BCUT2D eigenvalue weighted by Gasteiger charge is -2.28. The second-order valence-electron chi connectivity index (χ2n) is 14.9. The highest BCUT2D eigenvalue weighted by Gasteiger charge is 2.38. The van der Waals surface area contributed by atoms with E-state index in [0.717, 1.165) is 17.1 Å². The molecule has 0 atom stereocenters. The molecule has 1 nitrogen and oxygen atoms in total. The van der Waals surface area contributed by atoms with Gasteiger partial charge in [-0.2, -0.15) is 0 Å². The molecular weight excluding hydrogens is 651 g/mol. The lowest BCUT2D eigenvalue weighted by molar-refractivity contribution is 0.666. The normalized spacial score (nSPS) is 12.8. The maximum atomic E-state index is 2.44. The number of para-hydroxylation sites is 1. The predicted octanol–water partition coefficient (Wildman–Crippen LogP) is 14.8. The molecule has 0 radical (unpaired) electrons. The minimum absolute atomic E-state index is 0.109. The Hall–Kier alpha value is -6.70. The van der Waals surface area contributed by atoms with E-state index in [2.05, 4.69) is 219 Å². The molecule has 256 valence electrons. The maximum absolute atomic E-state index is 2.44. The van der Waals surface area contributed by atoms with Crippen LogP contribution >= 0.6 is 0 Å². The van der Waals surface area contributed by atoms with Crippen LogP contribution in [-0.4, -0.2) is 0 Å². The summed E-state index contributed by atoms with van der Waals surface area (Å²) in [5.41, 5.74) is 16.0. The minimum atomic E-state index is -0.109. The number of benzene rings is 9. The third-order valence-electron chi connectivity index (χ3n) is 11.4. The van der Waals surface area contributed by atoms with Crippen LogP contribution in [0.4, 0.5) is 17.1 Å². The molecule has 0 bridgehead atoms. The van der Waals surface area contributed by atoms with Crippen LogP contribution in [-0.2, 0) is 5.41 Å². The molecule has 10 rings (SSSR count). The highest BCUT2D eigenvalue weighted by molar-refractivity contribution is 6.19. The van der Waals surface area contributed by atoms with Crippen LogP contribution in [0.5, 0.6) is 0 Å². The summed E-state index contributed by atoms with van der Waals surface area (Å²) < 4.78 is 0. The third-order valence-corrected chi connectivity index (χ3v) is 11.4. The standard InChI is InChI=1S/C53H39N/c1-53(2)49-23-13-11-22-47(49)51-45-21-10-9-20-44(45)48-35-40(29-34-46(48)52(51)53)43-19-12-14-24-50(43)54(41-30-25-38(26-31-41)36-15-5-3-6-16-36)42-32-27-39(28-33-42)37-17-7-4-8-18-37/h3-35H,1-2H3. The van der Waals surface area contributed by atoms with Crippen LogP contribution in [0.15, 0.2) is 200 Å². The average molecular weight is 690 g/mol. The Morgan fingerprint density at radius 1 is 0.352 bits per heavy atom. The Balaban J connectivity index is 1.16. The molecule has 0 aliphatic heterocycles. The van der Waals surface area contributed by atoms with Crippen LogP contribution < -0.4 is 4.90 Å². The van der Waals surface area contributed by atoms with Crippen molar-refractivity contribution < 1.29 is 0 Å². The van der Waals surface area contributed by atoms with Crippen molar-refractivity contribution >= 4 is 38.6 Å². The molecule has 0 fully saturated rings. The summed E-state index contributed by atoms with van der Waals surface area (Å²) in [7, 11) is 0. The van der Waals surface area contributed by atoms with Crippen molar-refractivity contribution in [2.24, 2.45) is 0 Å². The zero-order valence-corrected chi connectivity index (χ0v) is 30.5. The van der Waals surface area contributed by atoms with Crippen LogP contribution in [0, 0.1) is 0 Å². The lowest BCUT2D eigenvalue weighted by atomic mass is 9.79. The van der Waals surface area contributed by atoms with Crippen LogP contribution in [0.25, 0.3) is 66.1 Å². The largest absolute Gasteiger partial charge is 0.310 e. The van der Waals surface area contributed by atoms with E-state index in [0.29, 0.717) is 0 Å². The highest BCUT2D eigenvalue weighted by atomic mass is 15.1. The van der Waals surface area contributed by atoms with Crippen LogP contribution in [0.3, 0.4) is 0 Å². The monoisotopic (exact) mass is 689 g/mol. The first-order chi connectivity index (χ1) is 26.6. The zero-order valence-electron chi connectivity index (χ0n) is 30.5. The number of fused-ring (bicyclic) bond motifs is 8. The van der Waals surface area contributed by atoms with Crippen molar-refractivity contribution in [3.8, 4) is 44.5 Å². The van der Waals surface area contributed by atoms with Gasteiger partial charge in [-0.3, -0.25) is 0 Å². The van der Waals surface area contributed by atoms with Gasteiger partial charge in [-0.1, -0.05) is 178 Å². The van der Waals surface area contributed by atoms with Gasteiger partial charge in [0.25, 0.3) is 0 Å². The molecule has 0 heterocycles. The summed E-state index contributed by atoms with van der Waals surface area (Å²) in [5.74, 6) is 0. The number of hydrogen-bond acceptors (Lipinski definition) is 1. The molecule has 9 aromatic rings. The molecule has 54 heavy (non-hydrogen) atoms. The quantitative estimate of drug-likeness (QED) is 0.157. The van der Waals surface area contributed by atoms with Gasteiger partial charge in [0, 0.05) is 22.4 Å².